The molecule has 0 atom stereocenters. The van der Waals surface area contributed by atoms with Crippen LogP contribution < -0.4 is 0 Å². The summed E-state index contributed by atoms with van der Waals surface area (Å²) in [6, 6.07) is 21.6. The Hall–Kier alpha value is -0.792. The van der Waals surface area contributed by atoms with Crippen LogP contribution in [0.5, 0.6) is 11.5 Å². The van der Waals surface area contributed by atoms with E-state index in [1.54, 1.807) is 0 Å². The molecule has 4 rings (SSSR count). The van der Waals surface area contributed by atoms with Crippen molar-refractivity contribution >= 4 is 21.5 Å². The molecule has 2 radical (unpaired) electrons. The van der Waals surface area contributed by atoms with E-state index >= 15 is 0 Å². The van der Waals surface area contributed by atoms with Gasteiger partial charge in [-0.1, -0.05) is 56.5 Å². The molecular weight excluding hydrogens is 546 g/mol. The average molecular weight is 580 g/mol. The third-order valence-corrected chi connectivity index (χ3v) is 4.73. The molecule has 32 heavy (non-hydrogen) atoms. The van der Waals surface area contributed by atoms with Crippen LogP contribution in [0.15, 0.2) is 48.5 Å². The van der Waals surface area contributed by atoms with E-state index in [1.165, 1.54) is 5.56 Å². The van der Waals surface area contributed by atoms with Gasteiger partial charge in [0, 0.05) is 71.2 Å². The summed E-state index contributed by atoms with van der Waals surface area (Å²) < 4.78 is 0. The first-order valence-electron chi connectivity index (χ1n) is 10.6. The molecule has 0 saturated heterocycles. The molecule has 2 nitrogen and oxygen atoms in total. The van der Waals surface area contributed by atoms with Gasteiger partial charge in [0.05, 0.1) is 0 Å². The fraction of sp³-hybridized carbons (Fsp3) is 0.286. The van der Waals surface area contributed by atoms with Gasteiger partial charge in [-0.2, -0.15) is 24.3 Å². The SMILES string of the molecule is CC.CC.Cc1cc(C)c2ccc[c-]c2c1O.Cc1cc2cc[c-]cc2c(C)c1O.[Y].[Y]. The molecule has 4 aromatic carbocycles. The molecule has 4 heteroatoms. The van der Waals surface area contributed by atoms with Gasteiger partial charge < -0.3 is 10.2 Å². The summed E-state index contributed by atoms with van der Waals surface area (Å²) in [4.78, 5) is 0. The van der Waals surface area contributed by atoms with Crippen LogP contribution in [0.25, 0.3) is 21.5 Å². The molecule has 0 aliphatic rings. The molecular formula is C28H34O2Y2-2. The summed E-state index contributed by atoms with van der Waals surface area (Å²) in [7, 11) is 0. The Morgan fingerprint density at radius 2 is 1.28 bits per heavy atom. The van der Waals surface area contributed by atoms with E-state index in [1.807, 2.05) is 104 Å². The van der Waals surface area contributed by atoms with E-state index in [2.05, 4.69) is 12.1 Å². The number of aryl methyl sites for hydroxylation is 4. The maximum atomic E-state index is 9.75. The van der Waals surface area contributed by atoms with Crippen molar-refractivity contribution in [2.75, 3.05) is 0 Å². The third kappa shape index (κ3) is 8.21. The standard InChI is InChI=1S/2C12H11O.2C2H6.2Y/c1-8-7-10-5-3-4-6-11(10)9(2)12(8)13;1-8-7-9(2)12(13)11-6-4-3-5-10(8)11;2*1-2;;/h3,5-7,13H,1-2H3;3-5,7,13H,1-2H3;2*1-2H3;;/q2*-1;;;;. The first kappa shape index (κ1) is 33.4. The predicted octanol–water partition coefficient (Wildman–Crippen LogP) is 7.97. The average Bonchev–Trinajstić information content (AvgIpc) is 2.79. The van der Waals surface area contributed by atoms with Crippen molar-refractivity contribution in [3.05, 3.63) is 82.9 Å². The van der Waals surface area contributed by atoms with Gasteiger partial charge in [-0.3, -0.25) is 0 Å². The maximum absolute atomic E-state index is 9.75. The van der Waals surface area contributed by atoms with Crippen LogP contribution in [-0.4, -0.2) is 10.2 Å². The Bertz CT molecular complexity index is 1100. The summed E-state index contributed by atoms with van der Waals surface area (Å²) in [5.74, 6) is 0.744. The Morgan fingerprint density at radius 3 is 1.91 bits per heavy atom. The molecule has 0 saturated carbocycles. The Balaban J connectivity index is 0. The van der Waals surface area contributed by atoms with Crippen LogP contribution in [0.3, 0.4) is 0 Å². The normalized spacial score (nSPS) is 9.00. The molecule has 0 heterocycles. The number of phenolic OH excluding ortho intramolecular Hbond substituents is 2. The van der Waals surface area contributed by atoms with E-state index in [-0.39, 0.29) is 65.4 Å². The molecule has 0 bridgehead atoms. The molecule has 0 fully saturated rings. The van der Waals surface area contributed by atoms with Gasteiger partial charge in [0.15, 0.2) is 0 Å². The molecule has 0 unspecified atom stereocenters. The summed E-state index contributed by atoms with van der Waals surface area (Å²) >= 11 is 0. The number of fused-ring (bicyclic) bond motifs is 2. The smallest absolute Gasteiger partial charge is 0.109 e. The second-order valence-electron chi connectivity index (χ2n) is 6.63. The van der Waals surface area contributed by atoms with Crippen LogP contribution in [0.1, 0.15) is 49.9 Å². The second-order valence-corrected chi connectivity index (χ2v) is 6.63. The zero-order valence-electron chi connectivity index (χ0n) is 20.7. The molecule has 0 amide bonds. The van der Waals surface area contributed by atoms with Crippen molar-refractivity contribution in [3.8, 4) is 11.5 Å². The molecule has 0 aliphatic carbocycles. The molecule has 0 aromatic heterocycles. The molecule has 0 aliphatic heterocycles. The van der Waals surface area contributed by atoms with Crippen molar-refractivity contribution < 1.29 is 75.6 Å². The van der Waals surface area contributed by atoms with Crippen molar-refractivity contribution in [1.29, 1.82) is 0 Å². The minimum atomic E-state index is 0. The molecule has 0 spiro atoms. The van der Waals surface area contributed by atoms with Gasteiger partial charge in [0.2, 0.25) is 0 Å². The van der Waals surface area contributed by atoms with E-state index in [4.69, 9.17) is 0 Å². The van der Waals surface area contributed by atoms with Crippen molar-refractivity contribution in [1.82, 2.24) is 0 Å². The molecule has 166 valence electrons. The van der Waals surface area contributed by atoms with Gasteiger partial charge in [-0.15, -0.1) is 45.8 Å². The van der Waals surface area contributed by atoms with Gasteiger partial charge in [0.25, 0.3) is 0 Å². The summed E-state index contributed by atoms with van der Waals surface area (Å²) in [5, 5.41) is 23.6. The number of hydrogen-bond donors (Lipinski definition) is 2. The van der Waals surface area contributed by atoms with Crippen LogP contribution in [0.4, 0.5) is 0 Å². The van der Waals surface area contributed by atoms with Crippen molar-refractivity contribution in [3.63, 3.8) is 0 Å². The topological polar surface area (TPSA) is 40.5 Å². The predicted molar refractivity (Wildman–Crippen MR) is 131 cm³/mol. The minimum Gasteiger partial charge on any atom is -0.551 e. The number of rotatable bonds is 0. The number of phenols is 2. The molecule has 4 aromatic rings. The van der Waals surface area contributed by atoms with Gasteiger partial charge >= 0.3 is 0 Å². The van der Waals surface area contributed by atoms with E-state index in [9.17, 15) is 10.2 Å². The van der Waals surface area contributed by atoms with Gasteiger partial charge in [-0.25, -0.2) is 0 Å². The second kappa shape index (κ2) is 16.8. The summed E-state index contributed by atoms with van der Waals surface area (Å²) in [6.07, 6.45) is 0. The fourth-order valence-electron chi connectivity index (χ4n) is 3.25. The largest absolute Gasteiger partial charge is 0.551 e. The monoisotopic (exact) mass is 580 g/mol. The zero-order chi connectivity index (χ0) is 22.8. The van der Waals surface area contributed by atoms with E-state index < -0.39 is 0 Å². The van der Waals surface area contributed by atoms with E-state index in [0.717, 1.165) is 38.2 Å². The minimum absolute atomic E-state index is 0. The van der Waals surface area contributed by atoms with Crippen LogP contribution in [-0.2, 0) is 65.4 Å². The third-order valence-electron chi connectivity index (χ3n) is 4.73. The van der Waals surface area contributed by atoms with Gasteiger partial charge in [-0.05, 0) is 33.3 Å². The van der Waals surface area contributed by atoms with Gasteiger partial charge in [0.1, 0.15) is 5.75 Å². The number of benzene rings is 4. The molecule has 2 N–H and O–H groups in total. The van der Waals surface area contributed by atoms with Crippen LogP contribution in [0.2, 0.25) is 0 Å². The van der Waals surface area contributed by atoms with E-state index in [0.29, 0.717) is 11.5 Å². The fourth-order valence-corrected chi connectivity index (χ4v) is 3.25. The van der Waals surface area contributed by atoms with Crippen LogP contribution in [0, 0.1) is 39.8 Å². The quantitative estimate of drug-likeness (QED) is 0.207. The first-order valence-corrected chi connectivity index (χ1v) is 10.6. The maximum Gasteiger partial charge on any atom is 0.109 e. The zero-order valence-corrected chi connectivity index (χ0v) is 26.3. The Labute approximate surface area is 244 Å². The number of hydrogen-bond acceptors (Lipinski definition) is 2. The van der Waals surface area contributed by atoms with Crippen molar-refractivity contribution in [2.45, 2.75) is 55.4 Å². The Morgan fingerprint density at radius 1 is 0.688 bits per heavy atom. The summed E-state index contributed by atoms with van der Waals surface area (Å²) in [6.45, 7) is 15.8. The number of aromatic hydroxyl groups is 2. The Kier molecular flexibility index (Phi) is 17.5. The first-order chi connectivity index (χ1) is 14.4. The van der Waals surface area contributed by atoms with Crippen LogP contribution >= 0.6 is 0 Å². The van der Waals surface area contributed by atoms with Crippen molar-refractivity contribution in [2.24, 2.45) is 0 Å². The summed E-state index contributed by atoms with van der Waals surface area (Å²) in [5.41, 5.74) is 3.96.